The Hall–Kier alpha value is -9.95. The number of benzene rings is 6. The summed E-state index contributed by atoms with van der Waals surface area (Å²) in [4.78, 5) is 138. The highest BCUT2D eigenvalue weighted by Crippen LogP contribution is 2.58. The number of aliphatic hydroxyl groups is 5. The number of carbonyl (C=O) groups is 9. The Kier molecular flexibility index (Phi) is 24.4. The molecule has 14 atom stereocenters. The molecule has 10 aliphatic rings. The van der Waals surface area contributed by atoms with Gasteiger partial charge in [0, 0.05) is 61.0 Å². The van der Waals surface area contributed by atoms with E-state index >= 15 is 28.8 Å². The molecule has 4 saturated carbocycles. The van der Waals surface area contributed by atoms with Crippen LogP contribution >= 0.6 is 23.2 Å². The fourth-order valence-corrected chi connectivity index (χ4v) is 17.9. The number of nitrogens with two attached hydrogens (primary N) is 1. The summed E-state index contributed by atoms with van der Waals surface area (Å²) in [6, 6.07) is 12.2. The summed E-state index contributed by atoms with van der Waals surface area (Å²) in [6.07, 6.45) is -11.2. The molecule has 0 spiro atoms. The molecule has 16 N–H and O–H groups in total. The number of rotatable bonds is 16. The second-order valence-electron chi connectivity index (χ2n) is 31.0. The number of aliphatic hydroxyl groups excluding tert-OH is 5. The number of ketones is 3. The molecule has 5 fully saturated rings. The van der Waals surface area contributed by atoms with E-state index in [1.165, 1.54) is 60.7 Å². The number of phenols is 3. The Labute approximate surface area is 659 Å². The van der Waals surface area contributed by atoms with Crippen LogP contribution in [-0.2, 0) is 43.1 Å². The molecule has 113 heavy (non-hydrogen) atoms. The van der Waals surface area contributed by atoms with Crippen molar-refractivity contribution < 1.29 is 108 Å². The number of aromatic hydroxyl groups is 3. The van der Waals surface area contributed by atoms with Crippen LogP contribution in [0, 0.1) is 47.3 Å². The lowest BCUT2D eigenvalue weighted by molar-refractivity contribution is -0.270. The molecule has 6 aliphatic heterocycles. The minimum Gasteiger partial charge on any atom is -0.508 e. The third-order valence-corrected chi connectivity index (χ3v) is 23.5. The molecule has 31 heteroatoms. The number of urea groups is 1. The van der Waals surface area contributed by atoms with E-state index in [4.69, 9.17) is 52.6 Å². The number of nitrogens with one attached hydrogen (secondary N) is 6. The number of amides is 7. The highest BCUT2D eigenvalue weighted by molar-refractivity contribution is 6.32. The van der Waals surface area contributed by atoms with Gasteiger partial charge < -0.3 is 96.9 Å². The van der Waals surface area contributed by atoms with E-state index in [0.29, 0.717) is 30.6 Å². The Bertz CT molecular complexity index is 4670. The third kappa shape index (κ3) is 17.4. The maximum Gasteiger partial charge on any atom is 0.325 e. The summed E-state index contributed by atoms with van der Waals surface area (Å²) in [5, 5.41) is 110. The van der Waals surface area contributed by atoms with Crippen molar-refractivity contribution in [1.82, 2.24) is 26.6 Å². The number of anilines is 1. The zero-order valence-corrected chi connectivity index (χ0v) is 63.7. The number of Topliss-reactive ketones (excluding diaryl/α,β-unsaturated/α-hetero) is 3. The predicted molar refractivity (Wildman–Crippen MR) is 407 cm³/mol. The number of carbonyl (C=O) groups excluding carboxylic acids is 9. The predicted octanol–water partition coefficient (Wildman–Crippen LogP) is 8.46. The van der Waals surface area contributed by atoms with Crippen LogP contribution in [0.15, 0.2) is 103 Å². The van der Waals surface area contributed by atoms with Crippen LogP contribution in [0.3, 0.4) is 0 Å². The number of fused-ring (bicyclic) bond motifs is 15. The van der Waals surface area contributed by atoms with Crippen LogP contribution < -0.4 is 56.6 Å². The van der Waals surface area contributed by atoms with E-state index in [2.05, 4.69) is 31.9 Å². The molecule has 6 heterocycles. The Morgan fingerprint density at radius 1 is 0.646 bits per heavy atom. The van der Waals surface area contributed by atoms with Gasteiger partial charge in [0.05, 0.1) is 28.5 Å². The first kappa shape index (κ1) is 81.1. The van der Waals surface area contributed by atoms with Crippen molar-refractivity contribution in [1.29, 1.82) is 0 Å². The van der Waals surface area contributed by atoms with Crippen molar-refractivity contribution >= 4 is 81.8 Å². The molecule has 6 aromatic carbocycles. The van der Waals surface area contributed by atoms with Gasteiger partial charge in [-0.15, -0.1) is 0 Å². The molecule has 15 bridgehead atoms. The molecule has 0 aromatic heterocycles. The third-order valence-electron chi connectivity index (χ3n) is 22.9. The largest absolute Gasteiger partial charge is 0.508 e. The first-order chi connectivity index (χ1) is 53.9. The summed E-state index contributed by atoms with van der Waals surface area (Å²) < 4.78 is 31.3. The maximum absolute atomic E-state index is 16.5. The molecule has 4 aliphatic carbocycles. The molecule has 1 saturated heterocycles. The average Bonchev–Trinajstić information content (AvgIpc) is 0.755. The molecule has 29 nitrogen and oxygen atoms in total. The topological polar surface area (TPSA) is 460 Å². The summed E-state index contributed by atoms with van der Waals surface area (Å²) in [7, 11) is 0. The first-order valence-corrected chi connectivity index (χ1v) is 38.8. The van der Waals surface area contributed by atoms with Crippen LogP contribution in [0.5, 0.6) is 51.7 Å². The van der Waals surface area contributed by atoms with Gasteiger partial charge in [-0.3, -0.25) is 43.7 Å². The van der Waals surface area contributed by atoms with Gasteiger partial charge in [0.1, 0.15) is 95.3 Å². The van der Waals surface area contributed by atoms with Gasteiger partial charge in [0.15, 0.2) is 28.8 Å². The number of hydrogen-bond acceptors (Lipinski definition) is 23. The van der Waals surface area contributed by atoms with E-state index in [1.807, 2.05) is 13.8 Å². The molecule has 600 valence electrons. The van der Waals surface area contributed by atoms with Crippen molar-refractivity contribution in [3.05, 3.63) is 141 Å². The number of hydrogen-bond donors (Lipinski definition) is 15. The second-order valence-corrected chi connectivity index (χ2v) is 31.8. The minimum absolute atomic E-state index is 0.0337. The number of imide groups is 1. The highest BCUT2D eigenvalue weighted by Gasteiger charge is 2.51. The molecule has 16 rings (SSSR count). The van der Waals surface area contributed by atoms with Crippen molar-refractivity contribution in [2.45, 2.75) is 171 Å². The van der Waals surface area contributed by atoms with Crippen molar-refractivity contribution in [2.75, 3.05) is 18.5 Å². The van der Waals surface area contributed by atoms with E-state index < -0.39 is 198 Å². The summed E-state index contributed by atoms with van der Waals surface area (Å²) in [5.74, 6) is -15.3. The van der Waals surface area contributed by atoms with Gasteiger partial charge in [-0.25, -0.2) is 4.79 Å². The van der Waals surface area contributed by atoms with Crippen LogP contribution in [0.25, 0.3) is 11.1 Å². The van der Waals surface area contributed by atoms with Crippen molar-refractivity contribution in [2.24, 2.45) is 53.1 Å². The first-order valence-electron chi connectivity index (χ1n) is 38.0. The monoisotopic (exact) mass is 1600 g/mol. The van der Waals surface area contributed by atoms with Crippen molar-refractivity contribution in [3.8, 4) is 62.9 Å². The molecule has 6 aromatic rings. The van der Waals surface area contributed by atoms with E-state index in [1.54, 1.807) is 26.0 Å². The Morgan fingerprint density at radius 2 is 1.28 bits per heavy atom. The highest BCUT2D eigenvalue weighted by atomic mass is 35.5. The van der Waals surface area contributed by atoms with Gasteiger partial charge in [0.2, 0.25) is 41.6 Å². The van der Waals surface area contributed by atoms with Crippen LogP contribution in [0.4, 0.5) is 10.5 Å². The van der Waals surface area contributed by atoms with Gasteiger partial charge in [-0.1, -0.05) is 62.2 Å². The van der Waals surface area contributed by atoms with E-state index in [9.17, 15) is 55.2 Å². The average molecular weight is 1600 g/mol. The van der Waals surface area contributed by atoms with Gasteiger partial charge in [0.25, 0.3) is 0 Å². The second kappa shape index (κ2) is 34.0. The summed E-state index contributed by atoms with van der Waals surface area (Å²) in [6.45, 7) is 7.17. The smallest absolute Gasteiger partial charge is 0.325 e. The van der Waals surface area contributed by atoms with Crippen LogP contribution in [0.2, 0.25) is 10.0 Å². The minimum atomic E-state index is -2.21. The van der Waals surface area contributed by atoms with E-state index in [0.717, 1.165) is 62.4 Å². The summed E-state index contributed by atoms with van der Waals surface area (Å²) >= 11 is 14.3. The molecule has 1 unspecified atom stereocenters. The SMILES string of the molecule is CCOc1ccc(NC(=O)NC(=O)C[C@@H]2CC(=O)[C@H](NC(=O)[C@H](CC)CC(C)C)[C@H](O)c3ccc(c(Cl)c3)Oc3cc4cc(c3O[C@@H]3O[C@H](CN)[C@@H](O)[C@H](O)[C@H]3O)Oc3ccc(cc3Cl)[C@@H](O)[C@@H]3NC(=O)[C@H](CC(=O)C4NC2=O)c2ccc(O)c(c2)-c2c(O)cc(O)cc2[C@@H](C(=O)CC2C4CC5CC(C4)CC2C5)NC3=O)cc1. The normalized spacial score (nSPS) is 28.3. The zero-order valence-electron chi connectivity index (χ0n) is 62.2. The van der Waals surface area contributed by atoms with Crippen LogP contribution in [-0.4, -0.2) is 150 Å². The number of phenolic OH excluding ortho intramolecular Hbond substituents is 3. The fraction of sp³-hybridized carbons (Fsp3) is 0.451. The van der Waals surface area contributed by atoms with Crippen LogP contribution in [0.1, 0.15) is 156 Å². The molecular formula is C82H91Cl2N7O22. The Morgan fingerprint density at radius 3 is 1.89 bits per heavy atom. The van der Waals surface area contributed by atoms with Gasteiger partial charge in [-0.05, 0) is 194 Å². The molecular weight excluding hydrogens is 1510 g/mol. The van der Waals surface area contributed by atoms with Crippen molar-refractivity contribution in [3.63, 3.8) is 0 Å². The molecule has 0 radical (unpaired) electrons. The van der Waals surface area contributed by atoms with Gasteiger partial charge >= 0.3 is 6.03 Å². The quantitative estimate of drug-likeness (QED) is 0.0432. The lowest BCUT2D eigenvalue weighted by Gasteiger charge is -2.54. The molecule has 7 amide bonds. The van der Waals surface area contributed by atoms with Gasteiger partial charge in [-0.2, -0.15) is 0 Å². The fourth-order valence-electron chi connectivity index (χ4n) is 17.4. The number of halogens is 2. The Balaban J connectivity index is 0.995. The van der Waals surface area contributed by atoms with E-state index in [-0.39, 0.29) is 103 Å². The summed E-state index contributed by atoms with van der Waals surface area (Å²) in [5.41, 5.74) is 4.66. The lowest BCUT2D eigenvalue weighted by atomic mass is 9.51. The zero-order chi connectivity index (χ0) is 80.7. The number of ether oxygens (including phenoxy) is 5. The maximum atomic E-state index is 16.5. The standard InChI is InChI=1S/C82H91Cl2N7O22/c1-5-38(17-35(3)4)77(104)90-69-57(95)26-45(29-65(98)87-82(108)86-46-10-12-48(13-11-46)109-6-2)78(105)88-67-44-27-62(110-60-15-8-40(71(69)99)24-53(60)83)76(113-81-75(103)74(102)73(101)64(34-85)112-81)63(28-44)111-61-16-9-41(25-54(61)84)72(100)70-80(107)89-68(59(97)32-49-42-19-36-18-37(21-42)22-43(49)20-36)52-30-47(92)31-56(94)66(52)51-23-39(7-14-55(51)93)50(33-58(67)96)79(106)91-70/h7-16,23-25,27-28,30-31,35-38,42-43,45,49-50,64,67-75,81,92-94,99-103H,5-6,17-22,26,29,32-34,85H2,1-4H3,(H,88,105)(H,89,107)(H,90,104)(H,91,106)(H2,86,87,98,108)/t36?,37?,38-,42?,43?,45+,49?,50-,64-,67?,68+,69+,70+,71-,72-,73-,74+,75-,81+/m1/s1. The lowest BCUT2D eigenvalue weighted by Crippen LogP contribution is -2.60.